The molecule has 0 amide bonds. The molecule has 0 spiro atoms. The van der Waals surface area contributed by atoms with E-state index in [1.807, 2.05) is 17.8 Å². The molecule has 0 saturated heterocycles. The van der Waals surface area contributed by atoms with E-state index in [0.717, 1.165) is 23.1 Å². The van der Waals surface area contributed by atoms with E-state index in [4.69, 9.17) is 0 Å². The first-order valence-corrected chi connectivity index (χ1v) is 9.49. The van der Waals surface area contributed by atoms with E-state index in [1.54, 1.807) is 23.9 Å². The van der Waals surface area contributed by atoms with E-state index in [-0.39, 0.29) is 5.82 Å². The van der Waals surface area contributed by atoms with Gasteiger partial charge < -0.3 is 0 Å². The van der Waals surface area contributed by atoms with E-state index < -0.39 is 0 Å². The molecular weight excluding hydrogens is 355 g/mol. The summed E-state index contributed by atoms with van der Waals surface area (Å²) in [6.07, 6.45) is 0.970. The summed E-state index contributed by atoms with van der Waals surface area (Å²) in [4.78, 5) is 2.48. The molecule has 0 N–H and O–H groups in total. The number of benzene rings is 2. The first-order chi connectivity index (χ1) is 9.78. The molecule has 0 unspecified atom stereocenters. The second kappa shape index (κ2) is 6.54. The van der Waals surface area contributed by atoms with Crippen LogP contribution in [0.4, 0.5) is 4.39 Å². The monoisotopic (exact) mass is 368 g/mol. The average molecular weight is 369 g/mol. The lowest BCUT2D eigenvalue weighted by Gasteiger charge is -2.16. The molecule has 1 atom stereocenters. The van der Waals surface area contributed by atoms with Crippen LogP contribution in [0.15, 0.2) is 52.3 Å². The van der Waals surface area contributed by atoms with Gasteiger partial charge in [0.05, 0.1) is 0 Å². The van der Waals surface area contributed by atoms with E-state index in [2.05, 4.69) is 40.2 Å². The maximum atomic E-state index is 13.6. The first-order valence-electron chi connectivity index (χ1n) is 6.50. The van der Waals surface area contributed by atoms with Crippen LogP contribution in [-0.2, 0) is 6.42 Å². The van der Waals surface area contributed by atoms with E-state index in [1.165, 1.54) is 15.4 Å². The second-order valence-corrected chi connectivity index (χ2v) is 7.83. The lowest BCUT2D eigenvalue weighted by atomic mass is 10.0. The summed E-state index contributed by atoms with van der Waals surface area (Å²) in [5.41, 5.74) is 2.50. The molecule has 0 aromatic heterocycles. The lowest BCUT2D eigenvalue weighted by molar-refractivity contribution is 0.623. The highest BCUT2D eigenvalue weighted by Gasteiger charge is 2.23. The molecule has 0 fully saturated rings. The third-order valence-electron chi connectivity index (χ3n) is 3.31. The predicted octanol–water partition coefficient (Wildman–Crippen LogP) is 5.70. The number of rotatable bonds is 3. The molecule has 0 aliphatic carbocycles. The molecule has 1 heterocycles. The quantitative estimate of drug-likeness (QED) is 0.637. The molecule has 2 aromatic carbocycles. The van der Waals surface area contributed by atoms with Gasteiger partial charge in [0, 0.05) is 26.1 Å². The summed E-state index contributed by atoms with van der Waals surface area (Å²) >= 11 is 7.14. The van der Waals surface area contributed by atoms with Crippen molar-refractivity contribution >= 4 is 39.5 Å². The van der Waals surface area contributed by atoms with Gasteiger partial charge in [0.2, 0.25) is 0 Å². The molecule has 0 saturated carbocycles. The summed E-state index contributed by atoms with van der Waals surface area (Å²) in [7, 11) is 0. The van der Waals surface area contributed by atoms with Crippen molar-refractivity contribution in [3.05, 3.63) is 59.4 Å². The molecular formula is C16H14BrFS2. The van der Waals surface area contributed by atoms with Gasteiger partial charge in [0.15, 0.2) is 0 Å². The highest BCUT2D eigenvalue weighted by Crippen LogP contribution is 2.45. The van der Waals surface area contributed by atoms with Gasteiger partial charge in [-0.3, -0.25) is 0 Å². The van der Waals surface area contributed by atoms with Gasteiger partial charge in [-0.15, -0.1) is 0 Å². The number of fused-ring (bicyclic) bond motifs is 2. The Labute approximate surface area is 135 Å². The Morgan fingerprint density at radius 1 is 1.20 bits per heavy atom. The molecule has 0 bridgehead atoms. The summed E-state index contributed by atoms with van der Waals surface area (Å²) < 4.78 is 13.6. The van der Waals surface area contributed by atoms with E-state index in [0.29, 0.717) is 5.25 Å². The molecule has 3 rings (SSSR count). The van der Waals surface area contributed by atoms with Gasteiger partial charge in [0.1, 0.15) is 5.82 Å². The smallest absolute Gasteiger partial charge is 0.123 e. The van der Waals surface area contributed by atoms with Crippen LogP contribution < -0.4 is 0 Å². The number of thioether (sulfide) groups is 1. The highest BCUT2D eigenvalue weighted by molar-refractivity contribution is 9.09. The van der Waals surface area contributed by atoms with Gasteiger partial charge in [0.25, 0.3) is 0 Å². The van der Waals surface area contributed by atoms with Gasteiger partial charge in [-0.05, 0) is 41.8 Å². The van der Waals surface area contributed by atoms with E-state index >= 15 is 0 Å². The third kappa shape index (κ3) is 3.07. The van der Waals surface area contributed by atoms with Crippen LogP contribution in [0.25, 0.3) is 0 Å². The van der Waals surface area contributed by atoms with E-state index in [9.17, 15) is 4.39 Å². The van der Waals surface area contributed by atoms with Gasteiger partial charge in [-0.1, -0.05) is 45.9 Å². The SMILES string of the molecule is Fc1ccc2c(c1)[C@@H](SCCBr)Cc1ccccc1S2. The molecule has 2 aromatic rings. The largest absolute Gasteiger partial charge is 0.207 e. The molecule has 0 radical (unpaired) electrons. The molecule has 1 aliphatic heterocycles. The maximum absolute atomic E-state index is 13.6. The molecule has 1 aliphatic rings. The number of alkyl halides is 1. The molecule has 0 nitrogen and oxygen atoms in total. The van der Waals surface area contributed by atoms with Gasteiger partial charge >= 0.3 is 0 Å². The van der Waals surface area contributed by atoms with Crippen molar-refractivity contribution in [2.45, 2.75) is 21.5 Å². The van der Waals surface area contributed by atoms with Crippen molar-refractivity contribution in [3.8, 4) is 0 Å². The minimum atomic E-state index is -0.139. The zero-order chi connectivity index (χ0) is 13.9. The molecule has 20 heavy (non-hydrogen) atoms. The van der Waals surface area contributed by atoms with Crippen LogP contribution in [0.2, 0.25) is 0 Å². The Morgan fingerprint density at radius 2 is 2.05 bits per heavy atom. The minimum absolute atomic E-state index is 0.139. The Bertz CT molecular complexity index is 615. The first kappa shape index (κ1) is 14.5. The Balaban J connectivity index is 2.04. The summed E-state index contributed by atoms with van der Waals surface area (Å²) in [5.74, 6) is 0.896. The zero-order valence-electron chi connectivity index (χ0n) is 10.8. The zero-order valence-corrected chi connectivity index (χ0v) is 14.0. The fraction of sp³-hybridized carbons (Fsp3) is 0.250. The molecule has 104 valence electrons. The minimum Gasteiger partial charge on any atom is -0.207 e. The van der Waals surface area contributed by atoms with Crippen molar-refractivity contribution in [1.29, 1.82) is 0 Å². The van der Waals surface area contributed by atoms with Crippen LogP contribution in [0.3, 0.4) is 0 Å². The van der Waals surface area contributed by atoms with Crippen LogP contribution in [0.1, 0.15) is 16.4 Å². The average Bonchev–Trinajstić information content (AvgIpc) is 2.61. The van der Waals surface area contributed by atoms with Crippen molar-refractivity contribution < 1.29 is 4.39 Å². The normalized spacial score (nSPS) is 17.2. The Kier molecular flexibility index (Phi) is 4.74. The summed E-state index contributed by atoms with van der Waals surface area (Å²) in [6, 6.07) is 13.7. The fourth-order valence-electron chi connectivity index (χ4n) is 2.40. The fourth-order valence-corrected chi connectivity index (χ4v) is 5.20. The van der Waals surface area contributed by atoms with Crippen LogP contribution >= 0.6 is 39.5 Å². The van der Waals surface area contributed by atoms with Gasteiger partial charge in [-0.2, -0.15) is 11.8 Å². The Hall–Kier alpha value is -0.450. The predicted molar refractivity (Wildman–Crippen MR) is 89.7 cm³/mol. The van der Waals surface area contributed by atoms with Crippen molar-refractivity contribution in [1.82, 2.24) is 0 Å². The Morgan fingerprint density at radius 3 is 2.90 bits per heavy atom. The number of hydrogen-bond acceptors (Lipinski definition) is 2. The maximum Gasteiger partial charge on any atom is 0.123 e. The van der Waals surface area contributed by atoms with Crippen LogP contribution in [0.5, 0.6) is 0 Å². The highest BCUT2D eigenvalue weighted by atomic mass is 79.9. The van der Waals surface area contributed by atoms with Crippen LogP contribution in [0, 0.1) is 5.82 Å². The second-order valence-electron chi connectivity index (χ2n) is 4.64. The third-order valence-corrected chi connectivity index (χ3v) is 6.71. The van der Waals surface area contributed by atoms with Crippen molar-refractivity contribution in [2.24, 2.45) is 0 Å². The number of hydrogen-bond donors (Lipinski definition) is 0. The van der Waals surface area contributed by atoms with Crippen molar-refractivity contribution in [3.63, 3.8) is 0 Å². The number of halogens is 2. The molecule has 4 heteroatoms. The van der Waals surface area contributed by atoms with Crippen molar-refractivity contribution in [2.75, 3.05) is 11.1 Å². The van der Waals surface area contributed by atoms with Crippen LogP contribution in [-0.4, -0.2) is 11.1 Å². The summed E-state index contributed by atoms with van der Waals surface area (Å²) in [5, 5.41) is 1.29. The van der Waals surface area contributed by atoms with Gasteiger partial charge in [-0.25, -0.2) is 4.39 Å². The lowest BCUT2D eigenvalue weighted by Crippen LogP contribution is -2.01. The topological polar surface area (TPSA) is 0 Å². The summed E-state index contributed by atoms with van der Waals surface area (Å²) in [6.45, 7) is 0. The standard InChI is InChI=1S/C16H14BrFS2/c17-7-8-19-16-9-11-3-1-2-4-14(11)20-15-6-5-12(18)10-13(15)16/h1-6,10,16H,7-9H2/t16-/m0/s1.